The second-order valence-electron chi connectivity index (χ2n) is 6.88. The van der Waals surface area contributed by atoms with Crippen LogP contribution in [0, 0.1) is 0 Å². The third-order valence-electron chi connectivity index (χ3n) is 5.11. The minimum atomic E-state index is 0.127. The van der Waals surface area contributed by atoms with Gasteiger partial charge in [-0.2, -0.15) is 0 Å². The van der Waals surface area contributed by atoms with Crippen molar-refractivity contribution in [3.63, 3.8) is 0 Å². The van der Waals surface area contributed by atoms with Gasteiger partial charge in [-0.15, -0.1) is 0 Å². The summed E-state index contributed by atoms with van der Waals surface area (Å²) in [6.45, 7) is 0.173. The smallest absolute Gasteiger partial charge is 0.115 e. The zero-order valence-corrected chi connectivity index (χ0v) is 14.1. The second kappa shape index (κ2) is 8.32. The summed E-state index contributed by atoms with van der Waals surface area (Å²) in [7, 11) is 0. The van der Waals surface area contributed by atoms with E-state index in [1.54, 1.807) is 12.1 Å². The summed E-state index contributed by atoms with van der Waals surface area (Å²) in [6, 6.07) is 18.6. The van der Waals surface area contributed by atoms with Crippen LogP contribution in [0.2, 0.25) is 0 Å². The minimum absolute atomic E-state index is 0.127. The summed E-state index contributed by atoms with van der Waals surface area (Å²) >= 11 is 0. The van der Waals surface area contributed by atoms with Crippen LogP contribution >= 0.6 is 0 Å². The highest BCUT2D eigenvalue weighted by atomic mass is 16.3. The Kier molecular flexibility index (Phi) is 5.89. The Morgan fingerprint density at radius 1 is 0.917 bits per heavy atom. The second-order valence-corrected chi connectivity index (χ2v) is 6.88. The van der Waals surface area contributed by atoms with Gasteiger partial charge in [-0.3, -0.25) is 0 Å². The highest BCUT2D eigenvalue weighted by molar-refractivity contribution is 5.28. The van der Waals surface area contributed by atoms with Crippen molar-refractivity contribution in [3.8, 4) is 5.75 Å². The molecule has 0 aliphatic heterocycles. The summed E-state index contributed by atoms with van der Waals surface area (Å²) in [5.41, 5.74) is 2.59. The molecule has 2 aromatic rings. The molecule has 0 bridgehead atoms. The third-order valence-corrected chi connectivity index (χ3v) is 5.11. The van der Waals surface area contributed by atoms with Gasteiger partial charge in [0.2, 0.25) is 0 Å². The van der Waals surface area contributed by atoms with Gasteiger partial charge in [0, 0.05) is 12.1 Å². The van der Waals surface area contributed by atoms with Crippen LogP contribution in [0.1, 0.15) is 42.7 Å². The van der Waals surface area contributed by atoms with Crippen molar-refractivity contribution in [1.29, 1.82) is 0 Å². The maximum atomic E-state index is 9.69. The number of benzene rings is 2. The number of hydrogen-bond donors (Lipinski definition) is 3. The molecule has 0 spiro atoms. The first-order valence-electron chi connectivity index (χ1n) is 8.94. The molecule has 3 N–H and O–H groups in total. The molecule has 128 valence electrons. The van der Waals surface area contributed by atoms with E-state index in [-0.39, 0.29) is 12.6 Å². The fraction of sp³-hybridized carbons (Fsp3) is 0.429. The monoisotopic (exact) mass is 325 g/mol. The SMILES string of the molecule is OCC(Cc1ccccc1)N[C@H]1CC[C@H](c2ccc(O)cc2)CC1. The Labute approximate surface area is 144 Å². The average Bonchev–Trinajstić information content (AvgIpc) is 2.63. The quantitative estimate of drug-likeness (QED) is 0.760. The summed E-state index contributed by atoms with van der Waals surface area (Å²) in [5.74, 6) is 0.922. The Morgan fingerprint density at radius 2 is 1.58 bits per heavy atom. The molecule has 0 amide bonds. The number of nitrogens with one attached hydrogen (secondary N) is 1. The molecule has 2 aromatic carbocycles. The van der Waals surface area contributed by atoms with Gasteiger partial charge in [0.15, 0.2) is 0 Å². The van der Waals surface area contributed by atoms with E-state index in [0.29, 0.717) is 17.7 Å². The fourth-order valence-corrected chi connectivity index (χ4v) is 3.75. The summed E-state index contributed by atoms with van der Waals surface area (Å²) < 4.78 is 0. The van der Waals surface area contributed by atoms with Crippen molar-refractivity contribution in [1.82, 2.24) is 5.32 Å². The number of aliphatic hydroxyl groups is 1. The standard InChI is InChI=1S/C21H27NO2/c23-15-20(14-16-4-2-1-3-5-16)22-19-10-6-17(7-11-19)18-8-12-21(24)13-9-18/h1-5,8-9,12-13,17,19-20,22-24H,6-7,10-11,14-15H2/t17-,19-,20?. The Morgan fingerprint density at radius 3 is 2.21 bits per heavy atom. The lowest BCUT2D eigenvalue weighted by molar-refractivity contribution is 0.214. The lowest BCUT2D eigenvalue weighted by Crippen LogP contribution is -2.43. The molecule has 1 unspecified atom stereocenters. The molecule has 3 heteroatoms. The topological polar surface area (TPSA) is 52.5 Å². The summed E-state index contributed by atoms with van der Waals surface area (Å²) in [6.07, 6.45) is 5.46. The molecule has 1 saturated carbocycles. The number of hydrogen-bond acceptors (Lipinski definition) is 3. The molecule has 1 aliphatic rings. The highest BCUT2D eigenvalue weighted by Crippen LogP contribution is 2.33. The van der Waals surface area contributed by atoms with Crippen LogP contribution in [-0.2, 0) is 6.42 Å². The van der Waals surface area contributed by atoms with Crippen molar-refractivity contribution in [3.05, 3.63) is 65.7 Å². The number of phenolic OH excluding ortho intramolecular Hbond substituents is 1. The van der Waals surface area contributed by atoms with E-state index in [1.807, 2.05) is 30.3 Å². The maximum absolute atomic E-state index is 9.69. The molecule has 24 heavy (non-hydrogen) atoms. The number of rotatable bonds is 6. The van der Waals surface area contributed by atoms with Crippen LogP contribution in [0.4, 0.5) is 0 Å². The molecule has 3 nitrogen and oxygen atoms in total. The average molecular weight is 325 g/mol. The first kappa shape index (κ1) is 17.0. The Balaban J connectivity index is 1.49. The molecule has 3 rings (SSSR count). The van der Waals surface area contributed by atoms with Gasteiger partial charge in [-0.25, -0.2) is 0 Å². The summed E-state index contributed by atoms with van der Waals surface area (Å²) in [5, 5.41) is 22.7. The minimum Gasteiger partial charge on any atom is -0.508 e. The first-order valence-corrected chi connectivity index (χ1v) is 8.94. The zero-order chi connectivity index (χ0) is 16.8. The molecular formula is C21H27NO2. The van der Waals surface area contributed by atoms with E-state index in [9.17, 15) is 10.2 Å². The molecule has 0 heterocycles. The fourth-order valence-electron chi connectivity index (χ4n) is 3.75. The number of aliphatic hydroxyl groups excluding tert-OH is 1. The van der Waals surface area contributed by atoms with E-state index < -0.39 is 0 Å². The van der Waals surface area contributed by atoms with Crippen LogP contribution < -0.4 is 5.32 Å². The van der Waals surface area contributed by atoms with Crippen LogP contribution in [-0.4, -0.2) is 28.9 Å². The van der Waals surface area contributed by atoms with Crippen LogP contribution in [0.15, 0.2) is 54.6 Å². The van der Waals surface area contributed by atoms with Crippen LogP contribution in [0.5, 0.6) is 5.75 Å². The molecular weight excluding hydrogens is 298 g/mol. The van der Waals surface area contributed by atoms with E-state index in [2.05, 4.69) is 17.4 Å². The first-order chi connectivity index (χ1) is 11.7. The lowest BCUT2D eigenvalue weighted by Gasteiger charge is -2.32. The number of aromatic hydroxyl groups is 1. The van der Waals surface area contributed by atoms with Gasteiger partial charge in [-0.05, 0) is 61.3 Å². The molecule has 0 radical (unpaired) electrons. The normalized spacial score (nSPS) is 22.2. The van der Waals surface area contributed by atoms with Gasteiger partial charge < -0.3 is 15.5 Å². The van der Waals surface area contributed by atoms with Gasteiger partial charge in [0.25, 0.3) is 0 Å². The summed E-state index contributed by atoms with van der Waals surface area (Å²) in [4.78, 5) is 0. The van der Waals surface area contributed by atoms with Gasteiger partial charge in [-0.1, -0.05) is 42.5 Å². The molecule has 1 aliphatic carbocycles. The maximum Gasteiger partial charge on any atom is 0.115 e. The van der Waals surface area contributed by atoms with Gasteiger partial charge >= 0.3 is 0 Å². The molecule has 1 fully saturated rings. The van der Waals surface area contributed by atoms with Crippen LogP contribution in [0.3, 0.4) is 0 Å². The third kappa shape index (κ3) is 4.59. The number of phenols is 1. The molecule has 0 aromatic heterocycles. The molecule has 1 atom stereocenters. The van der Waals surface area contributed by atoms with E-state index in [1.165, 1.54) is 11.1 Å². The lowest BCUT2D eigenvalue weighted by atomic mass is 9.81. The van der Waals surface area contributed by atoms with Gasteiger partial charge in [0.1, 0.15) is 5.75 Å². The predicted octanol–water partition coefficient (Wildman–Crippen LogP) is 3.61. The van der Waals surface area contributed by atoms with E-state index in [4.69, 9.17) is 0 Å². The van der Waals surface area contributed by atoms with Gasteiger partial charge in [0.05, 0.1) is 6.61 Å². The Bertz CT molecular complexity index is 603. The van der Waals surface area contributed by atoms with Crippen molar-refractivity contribution >= 4 is 0 Å². The predicted molar refractivity (Wildman–Crippen MR) is 97.3 cm³/mol. The van der Waals surface area contributed by atoms with E-state index >= 15 is 0 Å². The van der Waals surface area contributed by atoms with E-state index in [0.717, 1.165) is 32.1 Å². The Hall–Kier alpha value is -1.84. The zero-order valence-electron chi connectivity index (χ0n) is 14.1. The molecule has 0 saturated heterocycles. The van der Waals surface area contributed by atoms with Crippen molar-refractivity contribution < 1.29 is 10.2 Å². The van der Waals surface area contributed by atoms with Crippen molar-refractivity contribution in [2.45, 2.75) is 50.1 Å². The highest BCUT2D eigenvalue weighted by Gasteiger charge is 2.24. The van der Waals surface area contributed by atoms with Crippen molar-refractivity contribution in [2.24, 2.45) is 0 Å². The largest absolute Gasteiger partial charge is 0.508 e. The van der Waals surface area contributed by atoms with Crippen LogP contribution in [0.25, 0.3) is 0 Å². The van der Waals surface area contributed by atoms with Crippen molar-refractivity contribution in [2.75, 3.05) is 6.61 Å².